The third kappa shape index (κ3) is 3.21. The molecule has 5 nitrogen and oxygen atoms in total. The van der Waals surface area contributed by atoms with E-state index in [9.17, 15) is 4.79 Å². The predicted molar refractivity (Wildman–Crippen MR) is 115 cm³/mol. The SMILES string of the molecule is O=C1N(CCc2ccccc2)C[C@@H]2C[C@@H](c3ccc(OCCO)cc3)N3CCC[C@@]123. The highest BCUT2D eigenvalue weighted by atomic mass is 16.5. The van der Waals surface area contributed by atoms with Crippen molar-refractivity contribution in [3.05, 3.63) is 65.7 Å². The monoisotopic (exact) mass is 406 g/mol. The summed E-state index contributed by atoms with van der Waals surface area (Å²) in [6.45, 7) is 3.04. The lowest BCUT2D eigenvalue weighted by molar-refractivity contribution is -0.136. The minimum absolute atomic E-state index is 0.0191. The molecule has 3 fully saturated rings. The van der Waals surface area contributed by atoms with E-state index in [1.165, 1.54) is 11.1 Å². The van der Waals surface area contributed by atoms with Crippen molar-refractivity contribution in [3.63, 3.8) is 0 Å². The third-order valence-corrected chi connectivity index (χ3v) is 7.27. The zero-order chi connectivity index (χ0) is 20.6. The van der Waals surface area contributed by atoms with Gasteiger partial charge in [0.05, 0.1) is 6.61 Å². The standard InChI is InChI=1S/C25H30N2O3/c28-15-16-30-22-9-7-20(8-10-22)23-17-21-18-26(14-11-19-5-2-1-3-6-19)24(29)25(21)12-4-13-27(23)25/h1-3,5-10,21,23,28H,4,11-18H2/t21-,23-,25-/m0/s1. The van der Waals surface area contributed by atoms with E-state index in [4.69, 9.17) is 9.84 Å². The van der Waals surface area contributed by atoms with E-state index in [0.29, 0.717) is 24.5 Å². The number of rotatable bonds is 7. The fraction of sp³-hybridized carbons (Fsp3) is 0.480. The topological polar surface area (TPSA) is 53.0 Å². The third-order valence-electron chi connectivity index (χ3n) is 7.27. The van der Waals surface area contributed by atoms with Gasteiger partial charge in [0, 0.05) is 25.0 Å². The Morgan fingerprint density at radius 2 is 1.90 bits per heavy atom. The molecule has 158 valence electrons. The lowest BCUT2D eigenvalue weighted by Gasteiger charge is -2.33. The average Bonchev–Trinajstić information content (AvgIpc) is 3.42. The van der Waals surface area contributed by atoms with E-state index >= 15 is 0 Å². The molecule has 1 amide bonds. The van der Waals surface area contributed by atoms with E-state index in [-0.39, 0.29) is 12.1 Å². The first-order chi connectivity index (χ1) is 14.7. The first-order valence-corrected chi connectivity index (χ1v) is 11.2. The van der Waals surface area contributed by atoms with Crippen molar-refractivity contribution in [2.45, 2.75) is 37.3 Å². The Hall–Kier alpha value is -2.37. The summed E-state index contributed by atoms with van der Waals surface area (Å²) in [6.07, 6.45) is 4.06. The second-order valence-corrected chi connectivity index (χ2v) is 8.80. The van der Waals surface area contributed by atoms with E-state index in [0.717, 1.165) is 51.1 Å². The molecule has 0 radical (unpaired) electrons. The van der Waals surface area contributed by atoms with Crippen LogP contribution in [0.3, 0.4) is 0 Å². The molecule has 0 aromatic heterocycles. The van der Waals surface area contributed by atoms with Crippen LogP contribution in [0.25, 0.3) is 0 Å². The smallest absolute Gasteiger partial charge is 0.243 e. The number of amides is 1. The van der Waals surface area contributed by atoms with E-state index in [1.807, 2.05) is 18.2 Å². The van der Waals surface area contributed by atoms with Crippen LogP contribution < -0.4 is 4.74 Å². The molecule has 5 rings (SSSR count). The number of hydrogen-bond donors (Lipinski definition) is 1. The zero-order valence-corrected chi connectivity index (χ0v) is 17.4. The number of aliphatic hydroxyl groups excluding tert-OH is 1. The summed E-state index contributed by atoms with van der Waals surface area (Å²) in [4.78, 5) is 18.2. The number of benzene rings is 2. The Bertz CT molecular complexity index is 885. The number of likely N-dealkylation sites (tertiary alicyclic amines) is 1. The Morgan fingerprint density at radius 1 is 1.10 bits per heavy atom. The maximum atomic E-state index is 13.6. The molecular formula is C25H30N2O3. The molecule has 3 saturated heterocycles. The normalized spacial score (nSPS) is 28.0. The van der Waals surface area contributed by atoms with Gasteiger partial charge in [0.1, 0.15) is 17.9 Å². The van der Waals surface area contributed by atoms with Crippen LogP contribution in [0, 0.1) is 5.92 Å². The van der Waals surface area contributed by atoms with Crippen molar-refractivity contribution >= 4 is 5.91 Å². The first kappa shape index (κ1) is 19.6. The van der Waals surface area contributed by atoms with E-state index in [2.05, 4.69) is 46.2 Å². The fourth-order valence-electron chi connectivity index (χ4n) is 5.95. The van der Waals surface area contributed by atoms with Gasteiger partial charge in [0.2, 0.25) is 5.91 Å². The number of carbonyl (C=O) groups excluding carboxylic acids is 1. The van der Waals surface area contributed by atoms with Gasteiger partial charge < -0.3 is 14.7 Å². The Balaban J connectivity index is 1.30. The van der Waals surface area contributed by atoms with Gasteiger partial charge in [-0.05, 0) is 55.5 Å². The van der Waals surface area contributed by atoms with Gasteiger partial charge in [0.15, 0.2) is 0 Å². The summed E-state index contributed by atoms with van der Waals surface area (Å²) in [5.74, 6) is 1.55. The highest BCUT2D eigenvalue weighted by Crippen LogP contribution is 2.56. The predicted octanol–water partition coefficient (Wildman–Crippen LogP) is 3.04. The summed E-state index contributed by atoms with van der Waals surface area (Å²) in [7, 11) is 0. The second kappa shape index (κ2) is 8.05. The largest absolute Gasteiger partial charge is 0.491 e. The minimum Gasteiger partial charge on any atom is -0.491 e. The maximum Gasteiger partial charge on any atom is 0.243 e. The molecule has 0 bridgehead atoms. The molecule has 3 aliphatic heterocycles. The number of carbonyl (C=O) groups is 1. The number of hydrogen-bond acceptors (Lipinski definition) is 4. The average molecular weight is 407 g/mol. The van der Waals surface area contributed by atoms with Crippen LogP contribution in [-0.4, -0.2) is 59.2 Å². The molecule has 3 aliphatic rings. The number of ether oxygens (including phenoxy) is 1. The molecule has 1 N–H and O–H groups in total. The summed E-state index contributed by atoms with van der Waals surface area (Å²) in [6, 6.07) is 19.0. The van der Waals surface area contributed by atoms with Crippen molar-refractivity contribution < 1.29 is 14.6 Å². The van der Waals surface area contributed by atoms with Crippen LogP contribution in [0.15, 0.2) is 54.6 Å². The highest BCUT2D eigenvalue weighted by Gasteiger charge is 2.64. The molecule has 1 spiro atoms. The molecule has 0 saturated carbocycles. The van der Waals surface area contributed by atoms with E-state index < -0.39 is 0 Å². The van der Waals surface area contributed by atoms with Gasteiger partial charge in [-0.3, -0.25) is 9.69 Å². The van der Waals surface area contributed by atoms with Gasteiger partial charge in [-0.15, -0.1) is 0 Å². The molecule has 3 heterocycles. The van der Waals surface area contributed by atoms with Crippen molar-refractivity contribution in [3.8, 4) is 5.75 Å². The summed E-state index contributed by atoms with van der Waals surface area (Å²) in [5, 5.41) is 8.93. The van der Waals surface area contributed by atoms with Crippen LogP contribution in [0.5, 0.6) is 5.75 Å². The molecular weight excluding hydrogens is 376 g/mol. The van der Waals surface area contributed by atoms with Crippen molar-refractivity contribution in [2.75, 3.05) is 32.8 Å². The Kier molecular flexibility index (Phi) is 5.25. The lowest BCUT2D eigenvalue weighted by atomic mass is 9.85. The molecule has 5 heteroatoms. The van der Waals surface area contributed by atoms with Crippen LogP contribution >= 0.6 is 0 Å². The summed E-state index contributed by atoms with van der Waals surface area (Å²) < 4.78 is 5.50. The van der Waals surface area contributed by atoms with Gasteiger partial charge in [-0.25, -0.2) is 0 Å². The quantitative estimate of drug-likeness (QED) is 0.768. The molecule has 0 unspecified atom stereocenters. The van der Waals surface area contributed by atoms with Crippen molar-refractivity contribution in [1.82, 2.24) is 9.80 Å². The highest BCUT2D eigenvalue weighted by molar-refractivity contribution is 5.90. The second-order valence-electron chi connectivity index (χ2n) is 8.80. The van der Waals surface area contributed by atoms with Crippen LogP contribution in [0.4, 0.5) is 0 Å². The van der Waals surface area contributed by atoms with Gasteiger partial charge in [-0.2, -0.15) is 0 Å². The molecule has 0 aliphatic carbocycles. The van der Waals surface area contributed by atoms with Crippen molar-refractivity contribution in [2.24, 2.45) is 5.92 Å². The molecule has 3 atom stereocenters. The number of nitrogens with zero attached hydrogens (tertiary/aromatic N) is 2. The summed E-state index contributed by atoms with van der Waals surface area (Å²) in [5.41, 5.74) is 2.28. The zero-order valence-electron chi connectivity index (χ0n) is 17.4. The Morgan fingerprint density at radius 3 is 2.67 bits per heavy atom. The molecule has 2 aromatic carbocycles. The van der Waals surface area contributed by atoms with Crippen molar-refractivity contribution in [1.29, 1.82) is 0 Å². The van der Waals surface area contributed by atoms with Crippen LogP contribution in [0.1, 0.15) is 36.4 Å². The van der Waals surface area contributed by atoms with Gasteiger partial charge >= 0.3 is 0 Å². The number of aliphatic hydroxyl groups is 1. The molecule has 2 aromatic rings. The minimum atomic E-state index is -0.284. The van der Waals surface area contributed by atoms with E-state index in [1.54, 1.807) is 0 Å². The first-order valence-electron chi connectivity index (χ1n) is 11.2. The fourth-order valence-corrected chi connectivity index (χ4v) is 5.95. The van der Waals surface area contributed by atoms with Crippen LogP contribution in [0.2, 0.25) is 0 Å². The Labute approximate surface area is 178 Å². The van der Waals surface area contributed by atoms with Gasteiger partial charge in [-0.1, -0.05) is 42.5 Å². The summed E-state index contributed by atoms with van der Waals surface area (Å²) >= 11 is 0. The molecule has 30 heavy (non-hydrogen) atoms. The lowest BCUT2D eigenvalue weighted by Crippen LogP contribution is -2.49. The van der Waals surface area contributed by atoms with Gasteiger partial charge in [0.25, 0.3) is 0 Å². The maximum absolute atomic E-state index is 13.6. The van der Waals surface area contributed by atoms with Crippen LogP contribution in [-0.2, 0) is 11.2 Å².